The molecule has 3 aromatic carbocycles. The predicted octanol–water partition coefficient (Wildman–Crippen LogP) is 5.70. The summed E-state index contributed by atoms with van der Waals surface area (Å²) in [7, 11) is 2.11. The Labute approximate surface area is 278 Å². The molecular formula is C38H39FN6O3. The van der Waals surface area contributed by atoms with Crippen molar-refractivity contribution in [1.29, 1.82) is 5.26 Å². The number of aromatic nitrogens is 2. The minimum Gasteiger partial charge on any atom is -0.476 e. The van der Waals surface area contributed by atoms with Crippen LogP contribution in [0.1, 0.15) is 42.1 Å². The highest BCUT2D eigenvalue weighted by atomic mass is 19.1. The lowest BCUT2D eigenvalue weighted by Crippen LogP contribution is -2.41. The van der Waals surface area contributed by atoms with Crippen LogP contribution in [0.15, 0.2) is 48.5 Å². The summed E-state index contributed by atoms with van der Waals surface area (Å²) < 4.78 is 31.6. The van der Waals surface area contributed by atoms with E-state index in [-0.39, 0.29) is 30.1 Å². The van der Waals surface area contributed by atoms with E-state index >= 15 is 4.39 Å². The highest BCUT2D eigenvalue weighted by Crippen LogP contribution is 2.43. The highest BCUT2D eigenvalue weighted by molar-refractivity contribution is 6.10. The van der Waals surface area contributed by atoms with Crippen LogP contribution in [0.5, 0.6) is 5.88 Å². The highest BCUT2D eigenvalue weighted by Gasteiger charge is 2.30. The van der Waals surface area contributed by atoms with Crippen molar-refractivity contribution in [3.63, 3.8) is 0 Å². The van der Waals surface area contributed by atoms with Gasteiger partial charge in [-0.05, 0) is 81.0 Å². The molecule has 1 amide bonds. The van der Waals surface area contributed by atoms with Gasteiger partial charge in [0.1, 0.15) is 18.7 Å². The molecule has 2 aromatic heterocycles. The largest absolute Gasteiger partial charge is 0.476 e. The average molecular weight is 647 g/mol. The number of likely N-dealkylation sites (tertiary alicyclic amines) is 1. The topological polar surface area (TPSA) is 95.7 Å². The van der Waals surface area contributed by atoms with Gasteiger partial charge in [0, 0.05) is 47.2 Å². The molecule has 0 bridgehead atoms. The molecular weight excluding hydrogens is 607 g/mol. The van der Waals surface area contributed by atoms with Crippen molar-refractivity contribution in [1.82, 2.24) is 24.7 Å². The Bertz CT molecular complexity index is 2110. The van der Waals surface area contributed by atoms with E-state index in [0.29, 0.717) is 54.3 Å². The summed E-state index contributed by atoms with van der Waals surface area (Å²) in [5.41, 5.74) is 4.45. The molecule has 3 aliphatic rings. The predicted molar refractivity (Wildman–Crippen MR) is 183 cm³/mol. The summed E-state index contributed by atoms with van der Waals surface area (Å²) in [5, 5.41) is 16.6. The lowest BCUT2D eigenvalue weighted by Gasteiger charge is -2.28. The van der Waals surface area contributed by atoms with Gasteiger partial charge in [-0.3, -0.25) is 4.79 Å². The summed E-state index contributed by atoms with van der Waals surface area (Å²) in [5.74, 6) is -0.0664. The number of carbonyl (C=O) groups is 1. The first kappa shape index (κ1) is 30.8. The second-order valence-electron chi connectivity index (χ2n) is 13.4. The standard InChI is InChI=1S/C38H39FN6O3/c1-23-16-30-36(35(39)33(23)29-10-4-7-24-6-3-8-25(18-40)34(24)29)42-38(48-21-27-9-5-13-43(27)2)31-17-28(20-44-14-15-47-22-32(44)46)45(37(30)31)26-11-12-41-19-26/h3-4,6-8,10,16-17,26-27,41H,5,9,11-15,19-22H2,1-2H3. The zero-order valence-electron chi connectivity index (χ0n) is 27.4. The number of pyridine rings is 1. The fraction of sp³-hybridized carbons (Fsp3) is 0.395. The minimum atomic E-state index is -0.433. The second-order valence-corrected chi connectivity index (χ2v) is 13.4. The van der Waals surface area contributed by atoms with Crippen LogP contribution in [-0.2, 0) is 16.1 Å². The molecule has 0 aliphatic carbocycles. The van der Waals surface area contributed by atoms with Gasteiger partial charge in [0.15, 0.2) is 5.82 Å². The van der Waals surface area contributed by atoms with Crippen LogP contribution in [-0.4, -0.2) is 84.3 Å². The number of nitrogens with zero attached hydrogens (tertiary/aromatic N) is 5. The van der Waals surface area contributed by atoms with E-state index in [4.69, 9.17) is 14.5 Å². The van der Waals surface area contributed by atoms with Crippen LogP contribution in [0.2, 0.25) is 0 Å². The Balaban J connectivity index is 1.38. The van der Waals surface area contributed by atoms with E-state index in [0.717, 1.165) is 71.8 Å². The molecule has 8 rings (SSSR count). The van der Waals surface area contributed by atoms with Crippen LogP contribution in [0.3, 0.4) is 0 Å². The number of hydrogen-bond acceptors (Lipinski definition) is 7. The van der Waals surface area contributed by atoms with Crippen molar-refractivity contribution in [3.05, 3.63) is 71.2 Å². The molecule has 48 heavy (non-hydrogen) atoms. The van der Waals surface area contributed by atoms with Gasteiger partial charge in [0.25, 0.3) is 0 Å². The van der Waals surface area contributed by atoms with Gasteiger partial charge < -0.3 is 29.2 Å². The molecule has 10 heteroatoms. The summed E-state index contributed by atoms with van der Waals surface area (Å²) >= 11 is 0. The number of nitriles is 1. The number of aryl methyl sites for hydroxylation is 1. The maximum Gasteiger partial charge on any atom is 0.248 e. The molecule has 1 N–H and O–H groups in total. The molecule has 3 saturated heterocycles. The number of likely N-dealkylation sites (N-methyl/N-ethyl adjacent to an activating group) is 1. The molecule has 0 saturated carbocycles. The van der Waals surface area contributed by atoms with Crippen molar-refractivity contribution >= 4 is 38.5 Å². The summed E-state index contributed by atoms with van der Waals surface area (Å²) in [6, 6.07) is 18.1. The lowest BCUT2D eigenvalue weighted by molar-refractivity contribution is -0.143. The molecule has 3 fully saturated rings. The number of ether oxygens (including phenoxy) is 2. The van der Waals surface area contributed by atoms with E-state index in [9.17, 15) is 10.1 Å². The third-order valence-corrected chi connectivity index (χ3v) is 10.5. The summed E-state index contributed by atoms with van der Waals surface area (Å²) in [4.78, 5) is 22.0. The van der Waals surface area contributed by atoms with Crippen molar-refractivity contribution < 1.29 is 18.7 Å². The first-order valence-electron chi connectivity index (χ1n) is 16.9. The number of morpholine rings is 1. The zero-order valence-corrected chi connectivity index (χ0v) is 27.4. The SMILES string of the molecule is Cc1cc2c(nc(OCC3CCCN3C)c3cc(CN4CCOCC4=O)n(C4CCNC4)c32)c(F)c1-c1cccc2cccc(C#N)c12. The van der Waals surface area contributed by atoms with Crippen molar-refractivity contribution in [2.24, 2.45) is 0 Å². The molecule has 246 valence electrons. The van der Waals surface area contributed by atoms with Gasteiger partial charge in [-0.15, -0.1) is 0 Å². The monoisotopic (exact) mass is 646 g/mol. The van der Waals surface area contributed by atoms with Gasteiger partial charge in [-0.1, -0.05) is 30.3 Å². The van der Waals surface area contributed by atoms with Crippen LogP contribution in [0.4, 0.5) is 4.39 Å². The number of amides is 1. The van der Waals surface area contributed by atoms with Crippen LogP contribution in [0.25, 0.3) is 43.7 Å². The van der Waals surface area contributed by atoms with Gasteiger partial charge in [0.05, 0.1) is 35.7 Å². The van der Waals surface area contributed by atoms with Gasteiger partial charge >= 0.3 is 0 Å². The average Bonchev–Trinajstić information content (AvgIpc) is 3.85. The van der Waals surface area contributed by atoms with Gasteiger partial charge in [0.2, 0.25) is 11.8 Å². The number of fused-ring (bicyclic) bond motifs is 4. The third-order valence-electron chi connectivity index (χ3n) is 10.5. The van der Waals surface area contributed by atoms with E-state index in [1.54, 1.807) is 6.07 Å². The molecule has 0 spiro atoms. The molecule has 9 nitrogen and oxygen atoms in total. The fourth-order valence-electron chi connectivity index (χ4n) is 7.99. The normalized spacial score (nSPS) is 20.4. The number of halogens is 1. The van der Waals surface area contributed by atoms with Crippen molar-refractivity contribution in [2.75, 3.05) is 53.0 Å². The van der Waals surface area contributed by atoms with Gasteiger partial charge in [-0.2, -0.15) is 5.26 Å². The van der Waals surface area contributed by atoms with E-state index < -0.39 is 5.82 Å². The Morgan fingerprint density at radius 2 is 2.00 bits per heavy atom. The van der Waals surface area contributed by atoms with Crippen LogP contribution in [0, 0.1) is 24.1 Å². The maximum absolute atomic E-state index is 17.3. The summed E-state index contributed by atoms with van der Waals surface area (Å²) in [6.07, 6.45) is 3.06. The van der Waals surface area contributed by atoms with E-state index in [2.05, 4.69) is 34.0 Å². The number of hydrogen-bond donors (Lipinski definition) is 1. The quantitative estimate of drug-likeness (QED) is 0.243. The minimum absolute atomic E-state index is 0.0373. The first-order valence-corrected chi connectivity index (χ1v) is 16.9. The molecule has 5 heterocycles. The fourth-order valence-corrected chi connectivity index (χ4v) is 7.99. The zero-order chi connectivity index (χ0) is 32.9. The van der Waals surface area contributed by atoms with Crippen LogP contribution >= 0.6 is 0 Å². The molecule has 2 atom stereocenters. The molecule has 3 aliphatic heterocycles. The Morgan fingerprint density at radius 3 is 2.75 bits per heavy atom. The Kier molecular flexibility index (Phi) is 7.99. The number of nitrogens with one attached hydrogen (secondary N) is 1. The number of carbonyl (C=O) groups excluding carboxylic acids is 1. The lowest BCUT2D eigenvalue weighted by atomic mass is 9.91. The summed E-state index contributed by atoms with van der Waals surface area (Å²) in [6.45, 7) is 6.56. The van der Waals surface area contributed by atoms with Crippen molar-refractivity contribution in [3.8, 4) is 23.1 Å². The Hall–Kier alpha value is -4.56. The van der Waals surface area contributed by atoms with Gasteiger partial charge in [-0.25, -0.2) is 9.37 Å². The third kappa shape index (κ3) is 5.17. The molecule has 0 radical (unpaired) electrons. The maximum atomic E-state index is 17.3. The van der Waals surface area contributed by atoms with Crippen molar-refractivity contribution in [2.45, 2.75) is 44.8 Å². The first-order chi connectivity index (χ1) is 23.4. The van der Waals surface area contributed by atoms with E-state index in [1.807, 2.05) is 48.2 Å². The van der Waals surface area contributed by atoms with Crippen LogP contribution < -0.4 is 10.1 Å². The number of rotatable bonds is 7. The molecule has 2 unspecified atom stereocenters. The number of benzene rings is 3. The van der Waals surface area contributed by atoms with E-state index in [1.165, 1.54) is 0 Å². The second kappa shape index (κ2) is 12.5. The smallest absolute Gasteiger partial charge is 0.248 e. The molecule has 5 aromatic rings. The Morgan fingerprint density at radius 1 is 1.15 bits per heavy atom.